The molecule has 0 aliphatic carbocycles. The molecule has 0 saturated carbocycles. The summed E-state index contributed by atoms with van der Waals surface area (Å²) in [5.41, 5.74) is -0.145. The maximum absolute atomic E-state index is 9.59. The Hall–Kier alpha value is -0.200. The fourth-order valence-corrected chi connectivity index (χ4v) is 2.00. The first-order valence-corrected chi connectivity index (χ1v) is 7.75. The standard InChI is InChI=1S/C15H33NO4/c1-4-8-16-15(5-2,14-17)7-6-9-19-12-13-20-11-10-18-3/h16-17H,4-14H2,1-3H3. The van der Waals surface area contributed by atoms with Crippen LogP contribution < -0.4 is 5.32 Å². The van der Waals surface area contributed by atoms with Crippen molar-refractivity contribution in [3.63, 3.8) is 0 Å². The third-order valence-electron chi connectivity index (χ3n) is 3.48. The van der Waals surface area contributed by atoms with E-state index in [2.05, 4.69) is 19.2 Å². The van der Waals surface area contributed by atoms with Crippen LogP contribution >= 0.6 is 0 Å². The molecule has 1 atom stereocenters. The van der Waals surface area contributed by atoms with E-state index in [9.17, 15) is 5.11 Å². The van der Waals surface area contributed by atoms with Crippen LogP contribution in [-0.4, -0.2) is 63.9 Å². The third kappa shape index (κ3) is 9.66. The van der Waals surface area contributed by atoms with Gasteiger partial charge in [-0.1, -0.05) is 13.8 Å². The second-order valence-electron chi connectivity index (χ2n) is 5.04. The Morgan fingerprint density at radius 1 is 1.00 bits per heavy atom. The van der Waals surface area contributed by atoms with Crippen LogP contribution in [0.3, 0.4) is 0 Å². The van der Waals surface area contributed by atoms with Gasteiger partial charge in [-0.05, 0) is 32.2 Å². The number of hydrogen-bond acceptors (Lipinski definition) is 5. The Morgan fingerprint density at radius 3 is 2.20 bits per heavy atom. The summed E-state index contributed by atoms with van der Waals surface area (Å²) in [5.74, 6) is 0. The zero-order chi connectivity index (χ0) is 15.1. The molecule has 1 unspecified atom stereocenters. The zero-order valence-corrected chi connectivity index (χ0v) is 13.5. The molecule has 0 amide bonds. The molecule has 0 radical (unpaired) electrons. The van der Waals surface area contributed by atoms with Crippen molar-refractivity contribution in [3.8, 4) is 0 Å². The Bertz CT molecular complexity index is 198. The van der Waals surface area contributed by atoms with E-state index < -0.39 is 0 Å². The molecule has 20 heavy (non-hydrogen) atoms. The van der Waals surface area contributed by atoms with E-state index in [0.717, 1.165) is 32.2 Å². The summed E-state index contributed by atoms with van der Waals surface area (Å²) in [6.45, 7) is 8.56. The largest absolute Gasteiger partial charge is 0.394 e. The number of hydrogen-bond donors (Lipinski definition) is 2. The van der Waals surface area contributed by atoms with E-state index in [1.54, 1.807) is 7.11 Å². The SMILES string of the molecule is CCCNC(CC)(CO)CCCOCCOCCOC. The second kappa shape index (κ2) is 13.8. The van der Waals surface area contributed by atoms with Gasteiger partial charge in [-0.25, -0.2) is 0 Å². The first-order valence-electron chi connectivity index (χ1n) is 7.75. The number of rotatable bonds is 15. The number of ether oxygens (including phenoxy) is 3. The molecule has 0 aliphatic heterocycles. The van der Waals surface area contributed by atoms with E-state index >= 15 is 0 Å². The van der Waals surface area contributed by atoms with Crippen molar-refractivity contribution < 1.29 is 19.3 Å². The molecule has 0 fully saturated rings. The fraction of sp³-hybridized carbons (Fsp3) is 1.00. The summed E-state index contributed by atoms with van der Waals surface area (Å²) in [6.07, 6.45) is 3.90. The van der Waals surface area contributed by atoms with E-state index in [0.29, 0.717) is 33.0 Å². The van der Waals surface area contributed by atoms with Gasteiger partial charge in [0.15, 0.2) is 0 Å². The molecule has 0 aliphatic rings. The van der Waals surface area contributed by atoms with Gasteiger partial charge in [-0.3, -0.25) is 0 Å². The monoisotopic (exact) mass is 291 g/mol. The number of methoxy groups -OCH3 is 1. The van der Waals surface area contributed by atoms with Gasteiger partial charge < -0.3 is 24.6 Å². The molecular formula is C15H33NO4. The lowest BCUT2D eigenvalue weighted by atomic mass is 9.91. The molecule has 122 valence electrons. The molecular weight excluding hydrogens is 258 g/mol. The van der Waals surface area contributed by atoms with Crippen LogP contribution in [0.2, 0.25) is 0 Å². The molecule has 0 bridgehead atoms. The molecule has 5 heteroatoms. The van der Waals surface area contributed by atoms with Gasteiger partial charge in [0.25, 0.3) is 0 Å². The van der Waals surface area contributed by atoms with Crippen molar-refractivity contribution in [2.24, 2.45) is 0 Å². The van der Waals surface area contributed by atoms with E-state index in [-0.39, 0.29) is 12.1 Å². The Labute approximate surface area is 124 Å². The van der Waals surface area contributed by atoms with Crippen LogP contribution in [0.25, 0.3) is 0 Å². The predicted octanol–water partition coefficient (Wildman–Crippen LogP) is 1.59. The molecule has 0 aromatic rings. The highest BCUT2D eigenvalue weighted by molar-refractivity contribution is 4.85. The summed E-state index contributed by atoms with van der Waals surface area (Å²) in [4.78, 5) is 0. The highest BCUT2D eigenvalue weighted by Crippen LogP contribution is 2.17. The number of aliphatic hydroxyl groups is 1. The molecule has 0 rings (SSSR count). The van der Waals surface area contributed by atoms with Gasteiger partial charge in [0, 0.05) is 19.3 Å². The molecule has 0 spiro atoms. The minimum absolute atomic E-state index is 0.145. The van der Waals surface area contributed by atoms with Gasteiger partial charge in [-0.2, -0.15) is 0 Å². The van der Waals surface area contributed by atoms with Gasteiger partial charge >= 0.3 is 0 Å². The molecule has 0 aromatic carbocycles. The lowest BCUT2D eigenvalue weighted by molar-refractivity contribution is 0.0217. The third-order valence-corrected chi connectivity index (χ3v) is 3.48. The van der Waals surface area contributed by atoms with Gasteiger partial charge in [0.1, 0.15) is 0 Å². The second-order valence-corrected chi connectivity index (χ2v) is 5.04. The number of aliphatic hydroxyl groups excluding tert-OH is 1. The van der Waals surface area contributed by atoms with Crippen LogP contribution in [0.4, 0.5) is 0 Å². The van der Waals surface area contributed by atoms with Crippen LogP contribution in [0.1, 0.15) is 39.5 Å². The predicted molar refractivity (Wildman–Crippen MR) is 81.1 cm³/mol. The molecule has 0 aromatic heterocycles. The van der Waals surface area contributed by atoms with Crippen molar-refractivity contribution in [3.05, 3.63) is 0 Å². The van der Waals surface area contributed by atoms with E-state index in [4.69, 9.17) is 14.2 Å². The Balaban J connectivity index is 3.58. The van der Waals surface area contributed by atoms with Crippen molar-refractivity contribution in [1.29, 1.82) is 0 Å². The van der Waals surface area contributed by atoms with Crippen LogP contribution in [0.5, 0.6) is 0 Å². The minimum atomic E-state index is -0.145. The average Bonchev–Trinajstić information content (AvgIpc) is 2.49. The lowest BCUT2D eigenvalue weighted by Gasteiger charge is -2.32. The van der Waals surface area contributed by atoms with Crippen LogP contribution in [0, 0.1) is 0 Å². The Kier molecular flexibility index (Phi) is 13.6. The summed E-state index contributed by atoms with van der Waals surface area (Å²) in [5, 5.41) is 13.1. The van der Waals surface area contributed by atoms with E-state index in [1.807, 2.05) is 0 Å². The highest BCUT2D eigenvalue weighted by Gasteiger charge is 2.25. The maximum atomic E-state index is 9.59. The Morgan fingerprint density at radius 2 is 1.65 bits per heavy atom. The summed E-state index contributed by atoms with van der Waals surface area (Å²) < 4.78 is 15.7. The van der Waals surface area contributed by atoms with Gasteiger partial charge in [0.05, 0.1) is 33.0 Å². The molecule has 0 saturated heterocycles. The smallest absolute Gasteiger partial charge is 0.0701 e. The molecule has 0 heterocycles. The summed E-state index contributed by atoms with van der Waals surface area (Å²) >= 11 is 0. The van der Waals surface area contributed by atoms with Crippen LogP contribution in [0.15, 0.2) is 0 Å². The molecule has 5 nitrogen and oxygen atoms in total. The first-order chi connectivity index (χ1) is 9.74. The first kappa shape index (κ1) is 19.8. The van der Waals surface area contributed by atoms with Gasteiger partial charge in [0.2, 0.25) is 0 Å². The minimum Gasteiger partial charge on any atom is -0.394 e. The lowest BCUT2D eigenvalue weighted by Crippen LogP contribution is -2.48. The molecule has 2 N–H and O–H groups in total. The normalized spacial score (nSPS) is 14.4. The maximum Gasteiger partial charge on any atom is 0.0701 e. The topological polar surface area (TPSA) is 60.0 Å². The van der Waals surface area contributed by atoms with Gasteiger partial charge in [-0.15, -0.1) is 0 Å². The fourth-order valence-electron chi connectivity index (χ4n) is 2.00. The summed E-state index contributed by atoms with van der Waals surface area (Å²) in [6, 6.07) is 0. The quantitative estimate of drug-likeness (QED) is 0.449. The number of nitrogens with one attached hydrogen (secondary N) is 1. The van der Waals surface area contributed by atoms with Crippen LogP contribution in [-0.2, 0) is 14.2 Å². The van der Waals surface area contributed by atoms with Crippen molar-refractivity contribution in [1.82, 2.24) is 5.32 Å². The highest BCUT2D eigenvalue weighted by atomic mass is 16.5. The average molecular weight is 291 g/mol. The van der Waals surface area contributed by atoms with Crippen molar-refractivity contribution in [2.45, 2.75) is 45.1 Å². The summed E-state index contributed by atoms with van der Waals surface area (Å²) in [7, 11) is 1.66. The van der Waals surface area contributed by atoms with E-state index in [1.165, 1.54) is 0 Å². The van der Waals surface area contributed by atoms with Crippen molar-refractivity contribution >= 4 is 0 Å². The van der Waals surface area contributed by atoms with Crippen molar-refractivity contribution in [2.75, 3.05) is 53.3 Å². The zero-order valence-electron chi connectivity index (χ0n) is 13.5.